The molecule has 2 aliphatic heterocycles. The van der Waals surface area contributed by atoms with Gasteiger partial charge in [-0.1, -0.05) is 0 Å². The van der Waals surface area contributed by atoms with E-state index in [0.717, 1.165) is 0 Å². The van der Waals surface area contributed by atoms with Crippen LogP contribution in [0, 0.1) is 0 Å². The summed E-state index contributed by atoms with van der Waals surface area (Å²) >= 11 is 0. The number of piperidine rings is 2. The van der Waals surface area contributed by atoms with Crippen molar-refractivity contribution in [2.45, 2.75) is 115 Å². The molecule has 3 heterocycles. The fraction of sp³-hybridized carbons (Fsp3) is 0.857. The Morgan fingerprint density at radius 1 is 0.656 bits per heavy atom. The van der Waals surface area contributed by atoms with Crippen LogP contribution in [0.3, 0.4) is 0 Å². The fourth-order valence-electron chi connectivity index (χ4n) is 5.67. The zero-order valence-corrected chi connectivity index (χ0v) is 20.6. The van der Waals surface area contributed by atoms with Crippen molar-refractivity contribution in [3.63, 3.8) is 0 Å². The average Bonchev–Trinajstić information content (AvgIpc) is 2.63. The quantitative estimate of drug-likeness (QED) is 0.393. The van der Waals surface area contributed by atoms with Gasteiger partial charge in [-0.2, -0.15) is 15.0 Å². The van der Waals surface area contributed by atoms with Crippen molar-refractivity contribution in [1.29, 1.82) is 0 Å². The number of aromatic nitrogens is 3. The molecule has 0 atom stereocenters. The van der Waals surface area contributed by atoms with Gasteiger partial charge in [0.2, 0.25) is 17.8 Å². The van der Waals surface area contributed by atoms with E-state index in [1.165, 1.54) is 10.1 Å². The number of nitrogens with one attached hydrogen (secondary N) is 3. The summed E-state index contributed by atoms with van der Waals surface area (Å²) in [6.07, 6.45) is 2.63. The zero-order chi connectivity index (χ0) is 24.1. The first-order valence-corrected chi connectivity index (χ1v) is 11.3. The minimum absolute atomic E-state index is 0.0210. The maximum Gasteiger partial charge on any atom is 0.243 e. The van der Waals surface area contributed by atoms with E-state index in [9.17, 15) is 10.4 Å². The van der Waals surface area contributed by atoms with Gasteiger partial charge in [-0.25, -0.2) is 5.84 Å². The Bertz CT molecular complexity index is 729. The lowest BCUT2D eigenvalue weighted by Gasteiger charge is -2.50. The van der Waals surface area contributed by atoms with Gasteiger partial charge in [0.1, 0.15) is 0 Å². The van der Waals surface area contributed by atoms with Crippen molar-refractivity contribution in [3.8, 4) is 0 Å². The summed E-state index contributed by atoms with van der Waals surface area (Å²) < 4.78 is 0. The van der Waals surface area contributed by atoms with Crippen molar-refractivity contribution in [3.05, 3.63) is 0 Å². The highest BCUT2D eigenvalue weighted by atomic mass is 16.5. The van der Waals surface area contributed by atoms with E-state index < -0.39 is 22.2 Å². The normalized spacial score (nSPS) is 26.0. The third-order valence-corrected chi connectivity index (χ3v) is 6.61. The van der Waals surface area contributed by atoms with Gasteiger partial charge in [0.05, 0.1) is 0 Å². The Morgan fingerprint density at radius 2 is 0.938 bits per heavy atom. The smallest absolute Gasteiger partial charge is 0.243 e. The molecule has 32 heavy (non-hydrogen) atoms. The molecule has 0 amide bonds. The maximum absolute atomic E-state index is 12.7. The summed E-state index contributed by atoms with van der Waals surface area (Å²) in [5, 5.41) is 34.5. The molecule has 0 unspecified atom stereocenters. The molecule has 11 heteroatoms. The number of hydrogen-bond donors (Lipinski definition) is 4. The van der Waals surface area contributed by atoms with Crippen molar-refractivity contribution in [2.24, 2.45) is 5.84 Å². The second kappa shape index (κ2) is 8.21. The molecule has 2 saturated heterocycles. The third kappa shape index (κ3) is 5.07. The Morgan fingerprint density at radius 3 is 1.22 bits per heavy atom. The van der Waals surface area contributed by atoms with Gasteiger partial charge in [-0.05, 0) is 81.1 Å². The number of anilines is 3. The lowest BCUT2D eigenvalue weighted by molar-refractivity contribution is -0.288. The first kappa shape index (κ1) is 24.8. The van der Waals surface area contributed by atoms with Crippen molar-refractivity contribution in [1.82, 2.24) is 25.1 Å². The fourth-order valence-corrected chi connectivity index (χ4v) is 5.67. The van der Waals surface area contributed by atoms with E-state index in [1.807, 2.05) is 55.4 Å². The predicted molar refractivity (Wildman–Crippen MR) is 122 cm³/mol. The van der Waals surface area contributed by atoms with Crippen molar-refractivity contribution >= 4 is 17.8 Å². The number of nitrogens with two attached hydrogens (primary N) is 1. The summed E-state index contributed by atoms with van der Waals surface area (Å²) in [7, 11) is 0. The molecule has 1 aromatic heterocycles. The van der Waals surface area contributed by atoms with E-state index in [2.05, 4.69) is 31.0 Å². The number of hydrazine groups is 1. The molecule has 11 nitrogen and oxygen atoms in total. The van der Waals surface area contributed by atoms with E-state index in [0.29, 0.717) is 37.6 Å². The standard InChI is InChI=1S/C21H39N9O2/c1-18(2)9-13(10-19(3,4)29(18)31)23-15-25-16(27-17(26-15)28-22)24-14-11-20(5,6)30(32)21(7,8)12-14/h13-14H,9-12,22H2,1-8H3,(H3,23,24,25,26,27,28). The summed E-state index contributed by atoms with van der Waals surface area (Å²) in [5.74, 6) is 6.64. The second-order valence-electron chi connectivity index (χ2n) is 11.8. The summed E-state index contributed by atoms with van der Waals surface area (Å²) in [5.41, 5.74) is 0.471. The second-order valence-corrected chi connectivity index (χ2v) is 11.8. The molecule has 0 bridgehead atoms. The van der Waals surface area contributed by atoms with Crippen LogP contribution in [0.5, 0.6) is 0 Å². The lowest BCUT2D eigenvalue weighted by Crippen LogP contribution is -2.60. The Labute approximate surface area is 191 Å². The number of rotatable bonds is 5. The first-order valence-electron chi connectivity index (χ1n) is 11.3. The Hall–Kier alpha value is -1.79. The molecule has 0 spiro atoms. The summed E-state index contributed by atoms with van der Waals surface area (Å²) in [4.78, 5) is 13.3. The SMILES string of the molecule is CC1(C)CC(Nc2nc(NN)nc(NC3CC(C)(C)N([O])C(C)(C)C3)n2)CC(C)(C)N1[O]. The monoisotopic (exact) mass is 449 g/mol. The van der Waals surface area contributed by atoms with E-state index >= 15 is 0 Å². The minimum atomic E-state index is -0.508. The average molecular weight is 450 g/mol. The molecule has 5 N–H and O–H groups in total. The summed E-state index contributed by atoms with van der Waals surface area (Å²) in [6, 6.07) is 0.0419. The predicted octanol–water partition coefficient (Wildman–Crippen LogP) is 2.72. The molecule has 3 rings (SSSR count). The summed E-state index contributed by atoms with van der Waals surface area (Å²) in [6.45, 7) is 15.6. The van der Waals surface area contributed by atoms with E-state index in [-0.39, 0.29) is 18.0 Å². The maximum atomic E-state index is 12.7. The van der Waals surface area contributed by atoms with Crippen LogP contribution in [0.25, 0.3) is 0 Å². The van der Waals surface area contributed by atoms with Gasteiger partial charge in [-0.3, -0.25) is 5.43 Å². The molecule has 2 radical (unpaired) electrons. The van der Waals surface area contributed by atoms with Gasteiger partial charge < -0.3 is 10.6 Å². The highest BCUT2D eigenvalue weighted by Gasteiger charge is 2.47. The van der Waals surface area contributed by atoms with Gasteiger partial charge in [0.15, 0.2) is 0 Å². The van der Waals surface area contributed by atoms with Crippen molar-refractivity contribution in [2.75, 3.05) is 16.1 Å². The van der Waals surface area contributed by atoms with Gasteiger partial charge >= 0.3 is 0 Å². The molecule has 1 aromatic rings. The van der Waals surface area contributed by atoms with Crippen LogP contribution in [0.1, 0.15) is 81.1 Å². The van der Waals surface area contributed by atoms with Gasteiger partial charge in [-0.15, -0.1) is 20.5 Å². The van der Waals surface area contributed by atoms with E-state index in [1.54, 1.807) is 0 Å². The van der Waals surface area contributed by atoms with Crippen LogP contribution in [-0.4, -0.2) is 59.3 Å². The Kier molecular flexibility index (Phi) is 6.37. The zero-order valence-electron chi connectivity index (χ0n) is 20.6. The topological polar surface area (TPSA) is 147 Å². The molecule has 180 valence electrons. The third-order valence-electron chi connectivity index (χ3n) is 6.61. The molecule has 2 aliphatic rings. The number of nitrogen functional groups attached to an aromatic ring is 1. The van der Waals surface area contributed by atoms with Crippen LogP contribution in [0.4, 0.5) is 17.8 Å². The Balaban J connectivity index is 1.79. The molecular weight excluding hydrogens is 410 g/mol. The number of hydrogen-bond acceptors (Lipinski definition) is 9. The van der Waals surface area contributed by atoms with E-state index in [4.69, 9.17) is 5.84 Å². The lowest BCUT2D eigenvalue weighted by atomic mass is 9.79. The molecular formula is C21H39N9O2. The van der Waals surface area contributed by atoms with Crippen LogP contribution >= 0.6 is 0 Å². The van der Waals surface area contributed by atoms with Crippen LogP contribution in [0.2, 0.25) is 0 Å². The van der Waals surface area contributed by atoms with Crippen molar-refractivity contribution < 1.29 is 10.4 Å². The largest absolute Gasteiger partial charge is 0.351 e. The van der Waals surface area contributed by atoms with Gasteiger partial charge in [0.25, 0.3) is 0 Å². The van der Waals surface area contributed by atoms with Crippen LogP contribution < -0.4 is 21.9 Å². The first-order chi connectivity index (χ1) is 14.6. The number of nitrogens with zero attached hydrogens (tertiary/aromatic N) is 5. The molecule has 0 aromatic carbocycles. The number of hydroxylamine groups is 4. The molecule has 2 fully saturated rings. The highest BCUT2D eigenvalue weighted by molar-refractivity contribution is 5.43. The van der Waals surface area contributed by atoms with Gasteiger partial charge in [0, 0.05) is 34.2 Å². The van der Waals surface area contributed by atoms with Crippen LogP contribution in [0.15, 0.2) is 0 Å². The molecule has 0 aliphatic carbocycles. The minimum Gasteiger partial charge on any atom is -0.351 e. The van der Waals surface area contributed by atoms with Crippen LogP contribution in [-0.2, 0) is 10.4 Å². The molecule has 0 saturated carbocycles. The highest BCUT2D eigenvalue weighted by Crippen LogP contribution is 2.39.